The molecule has 2 amide bonds. The summed E-state index contributed by atoms with van der Waals surface area (Å²) in [5, 5.41) is 0. The number of alkyl halides is 2. The van der Waals surface area contributed by atoms with Gasteiger partial charge in [0.1, 0.15) is 0 Å². The van der Waals surface area contributed by atoms with E-state index in [0.717, 1.165) is 11.8 Å². The Labute approximate surface area is 124 Å². The smallest absolute Gasteiger partial charge is 0.260 e. The predicted octanol–water partition coefficient (Wildman–Crippen LogP) is 3.36. The zero-order chi connectivity index (χ0) is 15.3. The van der Waals surface area contributed by atoms with Crippen molar-refractivity contribution in [2.24, 2.45) is 0 Å². The monoisotopic (exact) mass is 345 g/mol. The van der Waals surface area contributed by atoms with Gasteiger partial charge in [-0.25, -0.2) is 8.78 Å². The minimum Gasteiger partial charge on any atom is -0.281 e. The van der Waals surface area contributed by atoms with Crippen molar-refractivity contribution in [3.05, 3.63) is 33.8 Å². The molecule has 1 aromatic rings. The molecule has 0 saturated heterocycles. The lowest BCUT2D eigenvalue weighted by molar-refractivity contribution is -0.137. The number of hydrogen-bond acceptors (Lipinski definition) is 2. The molecule has 1 aliphatic heterocycles. The van der Waals surface area contributed by atoms with E-state index >= 15 is 0 Å². The lowest BCUT2D eigenvalue weighted by atomic mass is 9.72. The highest BCUT2D eigenvalue weighted by atomic mass is 79.9. The fourth-order valence-electron chi connectivity index (χ4n) is 2.71. The minimum atomic E-state index is -3.01. The van der Waals surface area contributed by atoms with E-state index in [1.165, 1.54) is 14.0 Å². The van der Waals surface area contributed by atoms with Crippen molar-refractivity contribution < 1.29 is 18.4 Å². The van der Waals surface area contributed by atoms with Crippen LogP contribution in [0.3, 0.4) is 0 Å². The average molecular weight is 346 g/mol. The highest BCUT2D eigenvalue weighted by Crippen LogP contribution is 2.42. The van der Waals surface area contributed by atoms with Gasteiger partial charge < -0.3 is 0 Å². The van der Waals surface area contributed by atoms with Crippen LogP contribution in [0.4, 0.5) is 8.78 Å². The maximum Gasteiger partial charge on any atom is 0.260 e. The molecule has 0 fully saturated rings. The minimum absolute atomic E-state index is 0.294. The van der Waals surface area contributed by atoms with Crippen LogP contribution in [0.1, 0.15) is 36.2 Å². The Morgan fingerprint density at radius 2 is 1.95 bits per heavy atom. The Kier molecular flexibility index (Phi) is 3.48. The molecule has 0 radical (unpaired) electrons. The molecule has 1 aliphatic rings. The van der Waals surface area contributed by atoms with Crippen LogP contribution in [0, 0.1) is 0 Å². The molecule has 20 heavy (non-hydrogen) atoms. The SMILES string of the molecule is CN1C(=O)c2ccc(Br)cc2C(C)(CC(C)(F)F)C1=O. The lowest BCUT2D eigenvalue weighted by Gasteiger charge is -2.39. The number of benzene rings is 1. The van der Waals surface area contributed by atoms with Crippen molar-refractivity contribution in [2.75, 3.05) is 7.05 Å². The fourth-order valence-corrected chi connectivity index (χ4v) is 3.07. The number of halogens is 3. The molecule has 0 N–H and O–H groups in total. The molecule has 0 saturated carbocycles. The summed E-state index contributed by atoms with van der Waals surface area (Å²) in [5.74, 6) is -4.07. The summed E-state index contributed by atoms with van der Waals surface area (Å²) in [4.78, 5) is 25.4. The summed E-state index contributed by atoms with van der Waals surface area (Å²) < 4.78 is 27.6. The van der Waals surface area contributed by atoms with Crippen molar-refractivity contribution in [3.63, 3.8) is 0 Å². The molecule has 3 nitrogen and oxygen atoms in total. The number of amides is 2. The van der Waals surface area contributed by atoms with E-state index in [4.69, 9.17) is 0 Å². The first-order valence-corrected chi connectivity index (χ1v) is 6.86. The van der Waals surface area contributed by atoms with E-state index in [0.29, 0.717) is 15.6 Å². The van der Waals surface area contributed by atoms with Crippen molar-refractivity contribution >= 4 is 27.7 Å². The first-order valence-electron chi connectivity index (χ1n) is 6.06. The van der Waals surface area contributed by atoms with Crippen molar-refractivity contribution in [1.29, 1.82) is 0 Å². The molecule has 0 spiro atoms. The molecule has 0 aliphatic carbocycles. The molecular formula is C14H14BrF2NO2. The van der Waals surface area contributed by atoms with E-state index < -0.39 is 29.6 Å². The van der Waals surface area contributed by atoms with E-state index in [9.17, 15) is 18.4 Å². The summed E-state index contributed by atoms with van der Waals surface area (Å²) in [5.41, 5.74) is -0.774. The summed E-state index contributed by atoms with van der Waals surface area (Å²) in [6, 6.07) is 4.78. The van der Waals surface area contributed by atoms with Crippen molar-refractivity contribution in [1.82, 2.24) is 4.90 Å². The third-order valence-electron chi connectivity index (χ3n) is 3.55. The second kappa shape index (κ2) is 4.62. The van der Waals surface area contributed by atoms with Crippen LogP contribution < -0.4 is 0 Å². The normalized spacial score (nSPS) is 23.0. The van der Waals surface area contributed by atoms with Gasteiger partial charge in [0.15, 0.2) is 0 Å². The van der Waals surface area contributed by atoms with Crippen LogP contribution in [0.25, 0.3) is 0 Å². The third kappa shape index (κ3) is 2.37. The van der Waals surface area contributed by atoms with Crippen LogP contribution in [-0.2, 0) is 10.2 Å². The molecule has 1 heterocycles. The number of rotatable bonds is 2. The van der Waals surface area contributed by atoms with E-state index in [-0.39, 0.29) is 0 Å². The zero-order valence-electron chi connectivity index (χ0n) is 11.3. The molecule has 0 bridgehead atoms. The van der Waals surface area contributed by atoms with E-state index in [1.54, 1.807) is 18.2 Å². The molecule has 1 atom stereocenters. The summed E-state index contributed by atoms with van der Waals surface area (Å²) >= 11 is 3.25. The zero-order valence-corrected chi connectivity index (χ0v) is 12.9. The Morgan fingerprint density at radius 1 is 1.35 bits per heavy atom. The quantitative estimate of drug-likeness (QED) is 0.770. The maximum atomic E-state index is 13.5. The Bertz CT molecular complexity index is 597. The van der Waals surface area contributed by atoms with Crippen molar-refractivity contribution in [2.45, 2.75) is 31.6 Å². The van der Waals surface area contributed by atoms with Crippen LogP contribution >= 0.6 is 15.9 Å². The van der Waals surface area contributed by atoms with Gasteiger partial charge in [0.25, 0.3) is 5.91 Å². The molecule has 0 aromatic heterocycles. The second-order valence-electron chi connectivity index (χ2n) is 5.44. The Morgan fingerprint density at radius 3 is 2.50 bits per heavy atom. The number of imide groups is 1. The number of fused-ring (bicyclic) bond motifs is 1. The fraction of sp³-hybridized carbons (Fsp3) is 0.429. The predicted molar refractivity (Wildman–Crippen MR) is 73.8 cm³/mol. The van der Waals surface area contributed by atoms with Crippen LogP contribution in [0.15, 0.2) is 22.7 Å². The van der Waals surface area contributed by atoms with E-state index in [2.05, 4.69) is 15.9 Å². The van der Waals surface area contributed by atoms with Gasteiger partial charge in [-0.3, -0.25) is 14.5 Å². The summed E-state index contributed by atoms with van der Waals surface area (Å²) in [7, 11) is 1.32. The van der Waals surface area contributed by atoms with Gasteiger partial charge in [0.2, 0.25) is 11.8 Å². The Balaban J connectivity index is 2.68. The lowest BCUT2D eigenvalue weighted by Crippen LogP contribution is -2.53. The van der Waals surface area contributed by atoms with Gasteiger partial charge in [0, 0.05) is 23.5 Å². The molecular weight excluding hydrogens is 332 g/mol. The van der Waals surface area contributed by atoms with Crippen molar-refractivity contribution in [3.8, 4) is 0 Å². The number of hydrogen-bond donors (Lipinski definition) is 0. The van der Waals surface area contributed by atoms with Crippen LogP contribution in [0.5, 0.6) is 0 Å². The summed E-state index contributed by atoms with van der Waals surface area (Å²) in [6.07, 6.45) is -0.639. The van der Waals surface area contributed by atoms with Gasteiger partial charge in [-0.05, 0) is 37.6 Å². The van der Waals surface area contributed by atoms with E-state index in [1.807, 2.05) is 0 Å². The molecule has 1 unspecified atom stereocenters. The van der Waals surface area contributed by atoms with Crippen LogP contribution in [-0.4, -0.2) is 29.7 Å². The highest BCUT2D eigenvalue weighted by Gasteiger charge is 2.50. The first-order chi connectivity index (χ1) is 9.06. The Hall–Kier alpha value is -1.30. The molecule has 2 rings (SSSR count). The maximum absolute atomic E-state index is 13.5. The van der Waals surface area contributed by atoms with Gasteiger partial charge >= 0.3 is 0 Å². The standard InChI is InChI=1S/C14H14BrF2NO2/c1-13(7-14(2,16)17)10-6-8(15)4-5-9(10)11(19)18(3)12(13)20/h4-6H,7H2,1-3H3. The second-order valence-corrected chi connectivity index (χ2v) is 6.35. The molecule has 6 heteroatoms. The number of likely N-dealkylation sites (N-methyl/N-ethyl adjacent to an activating group) is 1. The number of nitrogens with zero attached hydrogens (tertiary/aromatic N) is 1. The number of carbonyl (C=O) groups is 2. The van der Waals surface area contributed by atoms with Crippen LogP contribution in [0.2, 0.25) is 0 Å². The molecule has 1 aromatic carbocycles. The third-order valence-corrected chi connectivity index (χ3v) is 4.04. The number of carbonyl (C=O) groups excluding carboxylic acids is 2. The highest BCUT2D eigenvalue weighted by molar-refractivity contribution is 9.10. The average Bonchev–Trinajstić information content (AvgIpc) is 2.32. The van der Waals surface area contributed by atoms with Gasteiger partial charge in [0.05, 0.1) is 5.41 Å². The first kappa shape index (κ1) is 15.1. The topological polar surface area (TPSA) is 37.4 Å². The van der Waals surface area contributed by atoms with Gasteiger partial charge in [-0.1, -0.05) is 15.9 Å². The van der Waals surface area contributed by atoms with Gasteiger partial charge in [-0.2, -0.15) is 0 Å². The summed E-state index contributed by atoms with van der Waals surface area (Å²) in [6.45, 7) is 2.24. The van der Waals surface area contributed by atoms with Gasteiger partial charge in [-0.15, -0.1) is 0 Å². The largest absolute Gasteiger partial charge is 0.281 e. The molecule has 108 valence electrons.